The van der Waals surface area contributed by atoms with E-state index in [1.165, 1.54) is 19.2 Å². The summed E-state index contributed by atoms with van der Waals surface area (Å²) >= 11 is 0. The number of methoxy groups -OCH3 is 2. The number of benzene rings is 1. The monoisotopic (exact) mass is 609 g/mol. The number of nitrogen functional groups attached to an aromatic ring is 1. The van der Waals surface area contributed by atoms with Gasteiger partial charge < -0.3 is 29.7 Å². The molecule has 13 heteroatoms. The standard InChI is InChI=1S/C31H37F2N7O4/c1-42-19-7-10-38(11-8-19)9-3-4-27(41)39-12-14-40(15-13-39)30-21-18-44-25(17-24(21)35-31(37-30)43-2)28-23(33)16-22(32)20-5-6-26(34)36-29(20)28/h3-6,16,19,25H,7-15,17-18H2,1-2H3,(H2,34,36)/b4-3+. The van der Waals surface area contributed by atoms with Gasteiger partial charge in [-0.3, -0.25) is 9.69 Å². The first-order chi connectivity index (χ1) is 21.3. The second-order valence-corrected chi connectivity index (χ2v) is 11.3. The Morgan fingerprint density at radius 2 is 1.84 bits per heavy atom. The predicted molar refractivity (Wildman–Crippen MR) is 160 cm³/mol. The molecule has 3 aliphatic rings. The molecule has 2 saturated heterocycles. The predicted octanol–water partition coefficient (Wildman–Crippen LogP) is 3.02. The molecule has 0 radical (unpaired) electrons. The zero-order valence-corrected chi connectivity index (χ0v) is 25.0. The molecule has 2 fully saturated rings. The number of carbonyl (C=O) groups is 1. The van der Waals surface area contributed by atoms with E-state index in [1.807, 2.05) is 11.0 Å². The van der Waals surface area contributed by atoms with E-state index in [0.717, 1.165) is 44.1 Å². The lowest BCUT2D eigenvalue weighted by molar-refractivity contribution is -0.126. The van der Waals surface area contributed by atoms with E-state index in [9.17, 15) is 9.18 Å². The van der Waals surface area contributed by atoms with E-state index in [1.54, 1.807) is 13.2 Å². The second-order valence-electron chi connectivity index (χ2n) is 11.3. The molecule has 5 heterocycles. The molecule has 2 N–H and O–H groups in total. The van der Waals surface area contributed by atoms with Gasteiger partial charge in [-0.25, -0.2) is 13.8 Å². The van der Waals surface area contributed by atoms with E-state index >= 15 is 4.39 Å². The first-order valence-corrected chi connectivity index (χ1v) is 14.9. The third kappa shape index (κ3) is 6.17. The number of carbonyl (C=O) groups excluding carboxylic acids is 1. The van der Waals surface area contributed by atoms with Crippen molar-refractivity contribution in [2.75, 3.05) is 70.7 Å². The molecular formula is C31H37F2N7O4. The minimum atomic E-state index is -0.764. The van der Waals surface area contributed by atoms with Crippen molar-refractivity contribution < 1.29 is 27.8 Å². The zero-order chi connectivity index (χ0) is 30.8. The maximum Gasteiger partial charge on any atom is 0.318 e. The average molecular weight is 610 g/mol. The van der Waals surface area contributed by atoms with E-state index in [-0.39, 0.29) is 47.2 Å². The van der Waals surface area contributed by atoms with Gasteiger partial charge in [0.15, 0.2) is 0 Å². The summed E-state index contributed by atoms with van der Waals surface area (Å²) in [5.74, 6) is -0.658. The number of halogens is 2. The van der Waals surface area contributed by atoms with Gasteiger partial charge in [0.1, 0.15) is 23.3 Å². The molecule has 0 spiro atoms. The van der Waals surface area contributed by atoms with Crippen LogP contribution >= 0.6 is 0 Å². The maximum absolute atomic E-state index is 15.2. The van der Waals surface area contributed by atoms with Crippen LogP contribution in [-0.4, -0.2) is 96.8 Å². The molecular weight excluding hydrogens is 572 g/mol. The number of anilines is 2. The summed E-state index contributed by atoms with van der Waals surface area (Å²) in [5, 5.41) is 0.167. The molecule has 1 unspecified atom stereocenters. The first kappa shape index (κ1) is 30.1. The highest BCUT2D eigenvalue weighted by atomic mass is 19.1. The lowest BCUT2D eigenvalue weighted by Crippen LogP contribution is -2.49. The Balaban J connectivity index is 1.14. The normalized spacial score (nSPS) is 20.0. The molecule has 6 rings (SSSR count). The summed E-state index contributed by atoms with van der Waals surface area (Å²) < 4.78 is 46.7. The van der Waals surface area contributed by atoms with Crippen LogP contribution in [0.15, 0.2) is 30.4 Å². The van der Waals surface area contributed by atoms with Gasteiger partial charge in [-0.05, 0) is 25.0 Å². The number of ether oxygens (including phenoxy) is 3. The molecule has 0 bridgehead atoms. The number of aromatic nitrogens is 3. The molecule has 0 saturated carbocycles. The van der Waals surface area contributed by atoms with Gasteiger partial charge in [0.2, 0.25) is 5.91 Å². The van der Waals surface area contributed by atoms with Gasteiger partial charge in [-0.2, -0.15) is 9.97 Å². The second kappa shape index (κ2) is 13.0. The number of hydrogen-bond acceptors (Lipinski definition) is 10. The fourth-order valence-corrected chi connectivity index (χ4v) is 6.20. The van der Waals surface area contributed by atoms with E-state index in [4.69, 9.17) is 19.9 Å². The van der Waals surface area contributed by atoms with Crippen molar-refractivity contribution in [3.8, 4) is 6.01 Å². The van der Waals surface area contributed by atoms with Crippen molar-refractivity contribution in [1.82, 2.24) is 24.8 Å². The van der Waals surface area contributed by atoms with Gasteiger partial charge in [0, 0.05) is 88.0 Å². The average Bonchev–Trinajstić information content (AvgIpc) is 3.04. The van der Waals surface area contributed by atoms with Gasteiger partial charge in [-0.1, -0.05) is 6.08 Å². The lowest BCUT2D eigenvalue weighted by Gasteiger charge is -2.37. The Labute approximate surface area is 254 Å². The molecule has 3 aliphatic heterocycles. The minimum Gasteiger partial charge on any atom is -0.467 e. The maximum atomic E-state index is 15.2. The third-order valence-electron chi connectivity index (χ3n) is 8.69. The zero-order valence-electron chi connectivity index (χ0n) is 25.0. The van der Waals surface area contributed by atoms with Crippen LogP contribution < -0.4 is 15.4 Å². The Morgan fingerprint density at radius 1 is 1.07 bits per heavy atom. The minimum absolute atomic E-state index is 0.00676. The summed E-state index contributed by atoms with van der Waals surface area (Å²) in [5.41, 5.74) is 7.55. The van der Waals surface area contributed by atoms with Crippen LogP contribution in [0.2, 0.25) is 0 Å². The summed E-state index contributed by atoms with van der Waals surface area (Å²) in [7, 11) is 3.25. The number of piperazine rings is 1. The molecule has 44 heavy (non-hydrogen) atoms. The van der Waals surface area contributed by atoms with Crippen LogP contribution in [0.25, 0.3) is 10.9 Å². The topological polar surface area (TPSA) is 119 Å². The Bertz CT molecular complexity index is 1560. The van der Waals surface area contributed by atoms with Gasteiger partial charge in [0.05, 0.1) is 37.1 Å². The fourth-order valence-electron chi connectivity index (χ4n) is 6.20. The number of nitrogens with two attached hydrogens (primary N) is 1. The van der Waals surface area contributed by atoms with E-state index in [2.05, 4.69) is 24.8 Å². The summed E-state index contributed by atoms with van der Waals surface area (Å²) in [4.78, 5) is 32.6. The highest BCUT2D eigenvalue weighted by molar-refractivity contribution is 5.88. The van der Waals surface area contributed by atoms with E-state index in [0.29, 0.717) is 43.8 Å². The van der Waals surface area contributed by atoms with Gasteiger partial charge in [-0.15, -0.1) is 0 Å². The Kier molecular flexibility index (Phi) is 8.87. The van der Waals surface area contributed by atoms with Crippen molar-refractivity contribution in [3.05, 3.63) is 58.8 Å². The van der Waals surface area contributed by atoms with Gasteiger partial charge >= 0.3 is 6.01 Å². The van der Waals surface area contributed by atoms with Crippen molar-refractivity contribution in [3.63, 3.8) is 0 Å². The molecule has 11 nitrogen and oxygen atoms in total. The number of nitrogens with zero attached hydrogens (tertiary/aromatic N) is 6. The SMILES string of the molecule is COc1nc2c(c(N3CCN(C(=O)/C=C/CN4CCC(OC)CC4)CC3)n1)COC(c1c(F)cc(F)c3ccc(N)nc13)C2. The third-order valence-corrected chi connectivity index (χ3v) is 8.69. The van der Waals surface area contributed by atoms with Crippen LogP contribution in [0.3, 0.4) is 0 Å². The molecule has 2 aromatic heterocycles. The summed E-state index contributed by atoms with van der Waals surface area (Å²) in [6, 6.07) is 4.00. The Hall–Kier alpha value is -3.94. The lowest BCUT2D eigenvalue weighted by atomic mass is 9.96. The fraction of sp³-hybridized carbons (Fsp3) is 0.484. The van der Waals surface area contributed by atoms with E-state index < -0.39 is 17.7 Å². The number of pyridine rings is 1. The molecule has 1 atom stereocenters. The van der Waals surface area contributed by atoms with Crippen molar-refractivity contribution >= 4 is 28.4 Å². The first-order valence-electron chi connectivity index (χ1n) is 14.9. The quantitative estimate of drug-likeness (QED) is 0.401. The smallest absolute Gasteiger partial charge is 0.318 e. The molecule has 1 aromatic carbocycles. The number of rotatable bonds is 7. The Morgan fingerprint density at radius 3 is 2.57 bits per heavy atom. The van der Waals surface area contributed by atoms with Crippen LogP contribution in [-0.2, 0) is 27.3 Å². The molecule has 0 aliphatic carbocycles. The number of amides is 1. The molecule has 234 valence electrons. The number of likely N-dealkylation sites (tertiary alicyclic amines) is 1. The number of hydrogen-bond donors (Lipinski definition) is 1. The van der Waals surface area contributed by atoms with Crippen LogP contribution in [0, 0.1) is 11.6 Å². The van der Waals surface area contributed by atoms with Gasteiger partial charge in [0.25, 0.3) is 0 Å². The highest BCUT2D eigenvalue weighted by Crippen LogP contribution is 2.39. The molecule has 1 amide bonds. The molecule has 3 aromatic rings. The summed E-state index contributed by atoms with van der Waals surface area (Å²) in [6.45, 7) is 5.00. The van der Waals surface area contributed by atoms with Crippen molar-refractivity contribution in [1.29, 1.82) is 0 Å². The highest BCUT2D eigenvalue weighted by Gasteiger charge is 2.33. The van der Waals surface area contributed by atoms with Crippen molar-refractivity contribution in [2.45, 2.75) is 38.1 Å². The van der Waals surface area contributed by atoms with Crippen molar-refractivity contribution in [2.24, 2.45) is 0 Å². The van der Waals surface area contributed by atoms with Crippen LogP contribution in [0.5, 0.6) is 6.01 Å². The van der Waals surface area contributed by atoms with Crippen LogP contribution in [0.4, 0.5) is 20.4 Å². The largest absolute Gasteiger partial charge is 0.467 e. The van der Waals surface area contributed by atoms with Crippen LogP contribution in [0.1, 0.15) is 35.8 Å². The summed E-state index contributed by atoms with van der Waals surface area (Å²) in [6.07, 6.45) is 5.41. The number of fused-ring (bicyclic) bond motifs is 2. The number of piperidine rings is 1.